The SMILES string of the molecule is CCC[CH]NC1CCCCC1. The van der Waals surface area contributed by atoms with Crippen LogP contribution in [0.1, 0.15) is 51.9 Å². The van der Waals surface area contributed by atoms with Gasteiger partial charge in [-0.3, -0.25) is 0 Å². The molecule has 1 radical (unpaired) electrons. The summed E-state index contributed by atoms with van der Waals surface area (Å²) in [5.41, 5.74) is 0. The van der Waals surface area contributed by atoms with Crippen molar-refractivity contribution >= 4 is 0 Å². The molecule has 1 heteroatoms. The molecule has 0 saturated heterocycles. The van der Waals surface area contributed by atoms with Crippen molar-refractivity contribution in [3.8, 4) is 0 Å². The predicted molar refractivity (Wildman–Crippen MR) is 49.2 cm³/mol. The van der Waals surface area contributed by atoms with Crippen molar-refractivity contribution < 1.29 is 0 Å². The van der Waals surface area contributed by atoms with E-state index < -0.39 is 0 Å². The van der Waals surface area contributed by atoms with Gasteiger partial charge in [0.1, 0.15) is 0 Å². The monoisotopic (exact) mass is 154 g/mol. The maximum Gasteiger partial charge on any atom is 0.0223 e. The molecule has 1 fully saturated rings. The highest BCUT2D eigenvalue weighted by Gasteiger charge is 2.11. The zero-order valence-corrected chi connectivity index (χ0v) is 7.60. The van der Waals surface area contributed by atoms with Crippen LogP contribution in [0, 0.1) is 6.54 Å². The third kappa shape index (κ3) is 3.76. The fraction of sp³-hybridized carbons (Fsp3) is 0.900. The largest absolute Gasteiger partial charge is 0.310 e. The molecule has 0 amide bonds. The number of hydrogen-bond donors (Lipinski definition) is 1. The molecule has 0 aromatic heterocycles. The first-order chi connectivity index (χ1) is 5.43. The van der Waals surface area contributed by atoms with Gasteiger partial charge >= 0.3 is 0 Å². The average Bonchev–Trinajstić information content (AvgIpc) is 2.07. The van der Waals surface area contributed by atoms with Gasteiger partial charge in [-0.05, 0) is 19.3 Å². The van der Waals surface area contributed by atoms with Gasteiger partial charge in [0.15, 0.2) is 0 Å². The molecule has 0 heterocycles. The molecular weight excluding hydrogens is 134 g/mol. The van der Waals surface area contributed by atoms with Gasteiger partial charge in [-0.2, -0.15) is 0 Å². The zero-order chi connectivity index (χ0) is 7.94. The lowest BCUT2D eigenvalue weighted by atomic mass is 9.95. The van der Waals surface area contributed by atoms with Crippen LogP contribution in [0.25, 0.3) is 0 Å². The fourth-order valence-corrected chi connectivity index (χ4v) is 1.66. The molecule has 0 unspecified atom stereocenters. The topological polar surface area (TPSA) is 12.0 Å². The minimum Gasteiger partial charge on any atom is -0.310 e. The molecule has 0 aliphatic heterocycles. The van der Waals surface area contributed by atoms with Gasteiger partial charge in [-0.1, -0.05) is 32.6 Å². The molecule has 1 saturated carbocycles. The van der Waals surface area contributed by atoms with Gasteiger partial charge in [0, 0.05) is 12.6 Å². The molecule has 1 N–H and O–H groups in total. The number of rotatable bonds is 4. The standard InChI is InChI=1S/C10H20N/c1-2-3-9-11-10-7-5-4-6-8-10/h9-11H,2-8H2,1H3. The quantitative estimate of drug-likeness (QED) is 0.614. The van der Waals surface area contributed by atoms with Crippen LogP contribution in [0.3, 0.4) is 0 Å². The second-order valence-electron chi connectivity index (χ2n) is 3.49. The Morgan fingerprint density at radius 1 is 1.27 bits per heavy atom. The smallest absolute Gasteiger partial charge is 0.0223 e. The van der Waals surface area contributed by atoms with E-state index in [1.165, 1.54) is 44.9 Å². The lowest BCUT2D eigenvalue weighted by Gasteiger charge is -2.22. The van der Waals surface area contributed by atoms with E-state index in [1.54, 1.807) is 0 Å². The lowest BCUT2D eigenvalue weighted by Crippen LogP contribution is -2.28. The van der Waals surface area contributed by atoms with E-state index in [0.717, 1.165) is 6.04 Å². The summed E-state index contributed by atoms with van der Waals surface area (Å²) < 4.78 is 0. The maximum absolute atomic E-state index is 3.50. The first-order valence-corrected chi connectivity index (χ1v) is 5.01. The summed E-state index contributed by atoms with van der Waals surface area (Å²) in [4.78, 5) is 0. The van der Waals surface area contributed by atoms with Crippen LogP contribution in [-0.4, -0.2) is 6.04 Å². The van der Waals surface area contributed by atoms with Crippen molar-refractivity contribution in [2.45, 2.75) is 57.9 Å². The summed E-state index contributed by atoms with van der Waals surface area (Å²) in [6.45, 7) is 4.47. The zero-order valence-electron chi connectivity index (χ0n) is 7.60. The Labute approximate surface area is 70.6 Å². The molecule has 0 bridgehead atoms. The summed E-state index contributed by atoms with van der Waals surface area (Å²) >= 11 is 0. The van der Waals surface area contributed by atoms with Crippen LogP contribution in [0.15, 0.2) is 0 Å². The Kier molecular flexibility index (Phi) is 4.60. The minimum absolute atomic E-state index is 0.801. The highest BCUT2D eigenvalue weighted by molar-refractivity contribution is 4.75. The van der Waals surface area contributed by atoms with Crippen molar-refractivity contribution in [3.05, 3.63) is 6.54 Å². The summed E-state index contributed by atoms with van der Waals surface area (Å²) in [6.07, 6.45) is 9.57. The highest BCUT2D eigenvalue weighted by atomic mass is 14.9. The summed E-state index contributed by atoms with van der Waals surface area (Å²) in [5.74, 6) is 0. The van der Waals surface area contributed by atoms with Gasteiger partial charge in [-0.15, -0.1) is 0 Å². The van der Waals surface area contributed by atoms with Gasteiger partial charge in [0.05, 0.1) is 0 Å². The number of hydrogen-bond acceptors (Lipinski definition) is 1. The van der Waals surface area contributed by atoms with Crippen molar-refractivity contribution in [3.63, 3.8) is 0 Å². The summed E-state index contributed by atoms with van der Waals surface area (Å²) in [7, 11) is 0. The van der Waals surface area contributed by atoms with Crippen LogP contribution < -0.4 is 5.32 Å². The molecule has 0 aromatic carbocycles. The Balaban J connectivity index is 1.96. The van der Waals surface area contributed by atoms with Crippen molar-refractivity contribution in [2.24, 2.45) is 0 Å². The fourth-order valence-electron chi connectivity index (χ4n) is 1.66. The molecule has 0 atom stereocenters. The van der Waals surface area contributed by atoms with Crippen LogP contribution in [0.5, 0.6) is 0 Å². The molecule has 65 valence electrons. The van der Waals surface area contributed by atoms with Gasteiger partial charge in [-0.25, -0.2) is 0 Å². The molecule has 0 spiro atoms. The van der Waals surface area contributed by atoms with E-state index >= 15 is 0 Å². The Morgan fingerprint density at radius 2 is 2.00 bits per heavy atom. The van der Waals surface area contributed by atoms with Crippen LogP contribution in [0.2, 0.25) is 0 Å². The van der Waals surface area contributed by atoms with Crippen molar-refractivity contribution in [1.82, 2.24) is 5.32 Å². The van der Waals surface area contributed by atoms with Crippen molar-refractivity contribution in [1.29, 1.82) is 0 Å². The van der Waals surface area contributed by atoms with E-state index in [-0.39, 0.29) is 0 Å². The van der Waals surface area contributed by atoms with E-state index in [4.69, 9.17) is 0 Å². The van der Waals surface area contributed by atoms with Crippen LogP contribution >= 0.6 is 0 Å². The third-order valence-corrected chi connectivity index (χ3v) is 2.39. The molecule has 1 nitrogen and oxygen atoms in total. The number of unbranched alkanes of at least 4 members (excludes halogenated alkanes) is 1. The van der Waals surface area contributed by atoms with E-state index in [2.05, 4.69) is 18.8 Å². The Hall–Kier alpha value is -0.0400. The second-order valence-corrected chi connectivity index (χ2v) is 3.49. The van der Waals surface area contributed by atoms with Gasteiger partial charge in [0.2, 0.25) is 0 Å². The molecule has 1 aliphatic carbocycles. The average molecular weight is 154 g/mol. The lowest BCUT2D eigenvalue weighted by molar-refractivity contribution is 0.390. The summed E-state index contributed by atoms with van der Waals surface area (Å²) in [5, 5.41) is 3.50. The highest BCUT2D eigenvalue weighted by Crippen LogP contribution is 2.17. The minimum atomic E-state index is 0.801. The molecule has 0 aromatic rings. The maximum atomic E-state index is 3.50. The van der Waals surface area contributed by atoms with Crippen LogP contribution in [0.4, 0.5) is 0 Å². The third-order valence-electron chi connectivity index (χ3n) is 2.39. The van der Waals surface area contributed by atoms with Gasteiger partial charge in [0.25, 0.3) is 0 Å². The van der Waals surface area contributed by atoms with E-state index in [1.807, 2.05) is 0 Å². The first kappa shape index (κ1) is 9.05. The second kappa shape index (κ2) is 5.59. The molecular formula is C10H20N. The molecule has 11 heavy (non-hydrogen) atoms. The summed E-state index contributed by atoms with van der Waals surface area (Å²) in [6, 6.07) is 0.801. The number of nitrogens with one attached hydrogen (secondary N) is 1. The Morgan fingerprint density at radius 3 is 2.64 bits per heavy atom. The normalized spacial score (nSPS) is 20.5. The molecule has 1 aliphatic rings. The van der Waals surface area contributed by atoms with Gasteiger partial charge < -0.3 is 5.32 Å². The van der Waals surface area contributed by atoms with E-state index in [9.17, 15) is 0 Å². The first-order valence-electron chi connectivity index (χ1n) is 5.01. The van der Waals surface area contributed by atoms with Crippen LogP contribution in [-0.2, 0) is 0 Å². The molecule has 1 rings (SSSR count). The van der Waals surface area contributed by atoms with Crippen molar-refractivity contribution in [2.75, 3.05) is 0 Å². The predicted octanol–water partition coefficient (Wildman–Crippen LogP) is 2.87. The Bertz CT molecular complexity index is 84.9. The van der Waals surface area contributed by atoms with E-state index in [0.29, 0.717) is 0 Å².